The molecule has 0 spiro atoms. The number of rotatable bonds is 3. The molecule has 0 fully saturated rings. The maximum Gasteiger partial charge on any atom is 0.345 e. The number of hydrogen-bond donors (Lipinski definition) is 2. The summed E-state index contributed by atoms with van der Waals surface area (Å²) in [5.74, 6) is 0. The molecule has 0 radical (unpaired) electrons. The molecule has 88 valence electrons. The smallest absolute Gasteiger partial charge is 0.314 e. The van der Waals surface area contributed by atoms with Crippen molar-refractivity contribution in [3.63, 3.8) is 0 Å². The van der Waals surface area contributed by atoms with E-state index in [1.54, 1.807) is 0 Å². The van der Waals surface area contributed by atoms with Crippen molar-refractivity contribution in [1.29, 1.82) is 0 Å². The number of nitrogens with zero attached hydrogens (tertiary/aromatic N) is 1. The zero-order chi connectivity index (χ0) is 12.3. The van der Waals surface area contributed by atoms with Crippen molar-refractivity contribution in [2.45, 2.75) is 13.5 Å². The number of aromatic nitrogens is 2. The van der Waals surface area contributed by atoms with Gasteiger partial charge in [-0.3, -0.25) is 0 Å². The van der Waals surface area contributed by atoms with Crippen LogP contribution in [0.15, 0.2) is 35.1 Å². The molecule has 0 aliphatic rings. The van der Waals surface area contributed by atoms with E-state index in [4.69, 9.17) is 0 Å². The van der Waals surface area contributed by atoms with Crippen molar-refractivity contribution in [3.8, 4) is 11.3 Å². The second-order valence-electron chi connectivity index (χ2n) is 3.99. The molecule has 4 heteroatoms. The lowest BCUT2D eigenvalue weighted by molar-refractivity contribution is 0.779. The van der Waals surface area contributed by atoms with Crippen LogP contribution in [-0.4, -0.2) is 17.0 Å². The molecule has 17 heavy (non-hydrogen) atoms. The fourth-order valence-electron chi connectivity index (χ4n) is 1.67. The molecule has 0 atom stereocenters. The number of H-pyrrole nitrogens is 1. The standard InChI is InChI=1S/C13H15N3O/c1-9-3-5-10(6-4-9)12-7-11(8-14-2)15-13(17)16-12/h3-7,14H,8H2,1-2H3,(H,15,16,17). The summed E-state index contributed by atoms with van der Waals surface area (Å²) >= 11 is 0. The van der Waals surface area contributed by atoms with Crippen molar-refractivity contribution < 1.29 is 0 Å². The van der Waals surface area contributed by atoms with Crippen LogP contribution in [0.2, 0.25) is 0 Å². The van der Waals surface area contributed by atoms with Crippen LogP contribution in [-0.2, 0) is 6.54 Å². The summed E-state index contributed by atoms with van der Waals surface area (Å²) in [5.41, 5.74) is 3.38. The normalized spacial score (nSPS) is 10.5. The van der Waals surface area contributed by atoms with E-state index in [9.17, 15) is 4.79 Å². The lowest BCUT2D eigenvalue weighted by Gasteiger charge is -2.04. The van der Waals surface area contributed by atoms with Gasteiger partial charge in [0.1, 0.15) is 0 Å². The average Bonchev–Trinajstić information content (AvgIpc) is 2.29. The van der Waals surface area contributed by atoms with Crippen molar-refractivity contribution in [3.05, 3.63) is 52.1 Å². The van der Waals surface area contributed by atoms with Crippen LogP contribution in [0.3, 0.4) is 0 Å². The van der Waals surface area contributed by atoms with Crippen molar-refractivity contribution >= 4 is 0 Å². The fourth-order valence-corrected chi connectivity index (χ4v) is 1.67. The molecule has 2 aromatic rings. The van der Waals surface area contributed by atoms with Gasteiger partial charge < -0.3 is 10.3 Å². The lowest BCUT2D eigenvalue weighted by atomic mass is 10.1. The maximum atomic E-state index is 11.4. The Balaban J connectivity index is 2.44. The van der Waals surface area contributed by atoms with Gasteiger partial charge >= 0.3 is 5.69 Å². The Kier molecular flexibility index (Phi) is 3.35. The summed E-state index contributed by atoms with van der Waals surface area (Å²) < 4.78 is 0. The number of hydrogen-bond acceptors (Lipinski definition) is 3. The Bertz CT molecular complexity index is 558. The van der Waals surface area contributed by atoms with E-state index in [1.807, 2.05) is 44.3 Å². The molecule has 0 bridgehead atoms. The molecule has 2 rings (SSSR count). The quantitative estimate of drug-likeness (QED) is 0.837. The first kappa shape index (κ1) is 11.5. The van der Waals surface area contributed by atoms with E-state index < -0.39 is 0 Å². The van der Waals surface area contributed by atoms with Gasteiger partial charge in [-0.2, -0.15) is 4.98 Å². The van der Waals surface area contributed by atoms with Crippen LogP contribution in [0.5, 0.6) is 0 Å². The summed E-state index contributed by atoms with van der Waals surface area (Å²) in [5, 5.41) is 3.00. The zero-order valence-electron chi connectivity index (χ0n) is 9.95. The molecule has 4 nitrogen and oxygen atoms in total. The van der Waals surface area contributed by atoms with Gasteiger partial charge in [0, 0.05) is 17.8 Å². The zero-order valence-corrected chi connectivity index (χ0v) is 9.95. The maximum absolute atomic E-state index is 11.4. The van der Waals surface area contributed by atoms with Gasteiger partial charge in [-0.25, -0.2) is 4.79 Å². The summed E-state index contributed by atoms with van der Waals surface area (Å²) in [4.78, 5) is 18.1. The summed E-state index contributed by atoms with van der Waals surface area (Å²) in [6, 6.07) is 9.86. The summed E-state index contributed by atoms with van der Waals surface area (Å²) in [7, 11) is 1.84. The molecule has 0 saturated carbocycles. The van der Waals surface area contributed by atoms with E-state index in [1.165, 1.54) is 5.56 Å². The SMILES string of the molecule is CNCc1cc(-c2ccc(C)cc2)nc(=O)[nH]1. The minimum Gasteiger partial charge on any atom is -0.314 e. The first-order valence-corrected chi connectivity index (χ1v) is 5.51. The third-order valence-corrected chi connectivity index (χ3v) is 2.51. The number of aryl methyl sites for hydroxylation is 1. The highest BCUT2D eigenvalue weighted by molar-refractivity contribution is 5.59. The topological polar surface area (TPSA) is 57.8 Å². The molecule has 1 aromatic carbocycles. The van der Waals surface area contributed by atoms with Crippen molar-refractivity contribution in [2.75, 3.05) is 7.05 Å². The largest absolute Gasteiger partial charge is 0.345 e. The van der Waals surface area contributed by atoms with Crippen LogP contribution >= 0.6 is 0 Å². The Morgan fingerprint density at radius 3 is 2.65 bits per heavy atom. The highest BCUT2D eigenvalue weighted by Crippen LogP contribution is 2.16. The van der Waals surface area contributed by atoms with Gasteiger partial charge in [0.25, 0.3) is 0 Å². The van der Waals surface area contributed by atoms with E-state index in [0.29, 0.717) is 12.2 Å². The average molecular weight is 229 g/mol. The third kappa shape index (κ3) is 2.79. The van der Waals surface area contributed by atoms with Gasteiger partial charge in [-0.1, -0.05) is 29.8 Å². The van der Waals surface area contributed by atoms with Gasteiger partial charge in [0.05, 0.1) is 5.69 Å². The predicted octanol–water partition coefficient (Wildman–Crippen LogP) is 1.46. The molecule has 0 amide bonds. The molecule has 0 aliphatic heterocycles. The number of nitrogens with one attached hydrogen (secondary N) is 2. The van der Waals surface area contributed by atoms with Crippen LogP contribution in [0.25, 0.3) is 11.3 Å². The Hall–Kier alpha value is -1.94. The Labute approximate surface area is 99.7 Å². The number of benzene rings is 1. The molecule has 1 heterocycles. The third-order valence-electron chi connectivity index (χ3n) is 2.51. The summed E-state index contributed by atoms with van der Waals surface area (Å²) in [6.45, 7) is 2.65. The molecule has 0 saturated heterocycles. The molecule has 1 aromatic heterocycles. The highest BCUT2D eigenvalue weighted by Gasteiger charge is 2.02. The molecule has 2 N–H and O–H groups in total. The lowest BCUT2D eigenvalue weighted by Crippen LogP contribution is -2.17. The van der Waals surface area contributed by atoms with E-state index >= 15 is 0 Å². The first-order chi connectivity index (χ1) is 8.19. The molecular formula is C13H15N3O. The van der Waals surface area contributed by atoms with E-state index in [0.717, 1.165) is 11.3 Å². The Morgan fingerprint density at radius 1 is 1.29 bits per heavy atom. The molecule has 0 aliphatic carbocycles. The van der Waals surface area contributed by atoms with E-state index in [2.05, 4.69) is 15.3 Å². The van der Waals surface area contributed by atoms with Crippen LogP contribution < -0.4 is 11.0 Å². The van der Waals surface area contributed by atoms with Gasteiger partial charge in [0.2, 0.25) is 0 Å². The van der Waals surface area contributed by atoms with Gasteiger partial charge in [0.15, 0.2) is 0 Å². The minimum atomic E-state index is -0.312. The second-order valence-corrected chi connectivity index (χ2v) is 3.99. The van der Waals surface area contributed by atoms with Crippen LogP contribution in [0.4, 0.5) is 0 Å². The first-order valence-electron chi connectivity index (χ1n) is 5.51. The molecule has 0 unspecified atom stereocenters. The summed E-state index contributed by atoms with van der Waals surface area (Å²) in [6.07, 6.45) is 0. The fraction of sp³-hybridized carbons (Fsp3) is 0.231. The molecular weight excluding hydrogens is 214 g/mol. The predicted molar refractivity (Wildman–Crippen MR) is 67.8 cm³/mol. The van der Waals surface area contributed by atoms with E-state index in [-0.39, 0.29) is 5.69 Å². The van der Waals surface area contributed by atoms with Gasteiger partial charge in [-0.15, -0.1) is 0 Å². The van der Waals surface area contributed by atoms with Crippen LogP contribution in [0, 0.1) is 6.92 Å². The monoisotopic (exact) mass is 229 g/mol. The van der Waals surface area contributed by atoms with Crippen molar-refractivity contribution in [1.82, 2.24) is 15.3 Å². The van der Waals surface area contributed by atoms with Gasteiger partial charge in [-0.05, 0) is 20.0 Å². The highest BCUT2D eigenvalue weighted by atomic mass is 16.1. The number of aromatic amines is 1. The Morgan fingerprint density at radius 2 is 2.00 bits per heavy atom. The van der Waals surface area contributed by atoms with Crippen molar-refractivity contribution in [2.24, 2.45) is 0 Å². The van der Waals surface area contributed by atoms with Crippen LogP contribution in [0.1, 0.15) is 11.3 Å². The second kappa shape index (κ2) is 4.93. The minimum absolute atomic E-state index is 0.312.